The molecule has 11 heavy (non-hydrogen) atoms. The number of nitrogens with one attached hydrogen (secondary N) is 1. The summed E-state index contributed by atoms with van der Waals surface area (Å²) < 4.78 is 0. The van der Waals surface area contributed by atoms with Crippen LogP contribution in [-0.4, -0.2) is 23.8 Å². The Morgan fingerprint density at radius 3 is 2.73 bits per heavy atom. The van der Waals surface area contributed by atoms with Crippen LogP contribution in [0.2, 0.25) is 0 Å². The van der Waals surface area contributed by atoms with E-state index in [0.717, 1.165) is 0 Å². The largest absolute Gasteiger partial charge is 0.368 e. The highest BCUT2D eigenvalue weighted by Crippen LogP contribution is 2.08. The third-order valence-corrected chi connectivity index (χ3v) is 1.79. The average molecular weight is 156 g/mol. The number of ketones is 1. The van der Waals surface area contributed by atoms with Gasteiger partial charge in [-0.3, -0.25) is 9.59 Å². The molecule has 1 saturated heterocycles. The lowest BCUT2D eigenvalue weighted by molar-refractivity contribution is -0.128. The zero-order valence-electron chi connectivity index (χ0n) is 6.46. The molecule has 0 aromatic rings. The van der Waals surface area contributed by atoms with E-state index in [-0.39, 0.29) is 18.2 Å². The first kappa shape index (κ1) is 8.20. The monoisotopic (exact) mass is 156 g/mol. The van der Waals surface area contributed by atoms with Gasteiger partial charge in [-0.25, -0.2) is 0 Å². The Morgan fingerprint density at radius 2 is 2.27 bits per heavy atom. The predicted octanol–water partition coefficient (Wildman–Crippen LogP) is -0.819. The van der Waals surface area contributed by atoms with Crippen molar-refractivity contribution in [2.45, 2.75) is 31.8 Å². The molecule has 0 spiro atoms. The number of carbonyl (C=O) groups excluding carboxylic acids is 2. The number of nitrogens with two attached hydrogens (primary N) is 1. The smallest absolute Gasteiger partial charge is 0.235 e. The molecule has 1 amide bonds. The Hall–Kier alpha value is -0.900. The molecule has 2 atom stereocenters. The molecule has 62 valence electrons. The third kappa shape index (κ3) is 2.01. The maximum Gasteiger partial charge on any atom is 0.235 e. The van der Waals surface area contributed by atoms with Crippen molar-refractivity contribution < 1.29 is 9.59 Å². The van der Waals surface area contributed by atoms with Crippen LogP contribution in [0.4, 0.5) is 0 Å². The molecule has 0 saturated carbocycles. The van der Waals surface area contributed by atoms with E-state index in [0.29, 0.717) is 6.42 Å². The van der Waals surface area contributed by atoms with E-state index in [2.05, 4.69) is 5.32 Å². The van der Waals surface area contributed by atoms with Crippen LogP contribution in [0.15, 0.2) is 0 Å². The van der Waals surface area contributed by atoms with Crippen LogP contribution in [0.3, 0.4) is 0 Å². The van der Waals surface area contributed by atoms with E-state index in [9.17, 15) is 9.59 Å². The highest BCUT2D eigenvalue weighted by atomic mass is 16.2. The summed E-state index contributed by atoms with van der Waals surface area (Å²) >= 11 is 0. The van der Waals surface area contributed by atoms with E-state index in [1.165, 1.54) is 0 Å². The Morgan fingerprint density at radius 1 is 1.64 bits per heavy atom. The summed E-state index contributed by atoms with van der Waals surface area (Å²) in [5.74, 6) is -0.329. The summed E-state index contributed by atoms with van der Waals surface area (Å²) in [6.07, 6.45) is 0.753. The van der Waals surface area contributed by atoms with Crippen LogP contribution in [0.5, 0.6) is 0 Å². The van der Waals surface area contributed by atoms with Crippen molar-refractivity contribution in [2.24, 2.45) is 5.73 Å². The molecule has 1 heterocycles. The fraction of sp³-hybridized carbons (Fsp3) is 0.714. The SMILES string of the molecule is CC1CC(=O)CC(C(N)=O)N1. The van der Waals surface area contributed by atoms with Crippen LogP contribution in [0, 0.1) is 0 Å². The number of Topliss-reactive ketones (excluding diaryl/α,β-unsaturated/α-hetero) is 1. The molecule has 1 fully saturated rings. The first-order valence-corrected chi connectivity index (χ1v) is 3.66. The zero-order valence-corrected chi connectivity index (χ0v) is 6.46. The van der Waals surface area contributed by atoms with E-state index >= 15 is 0 Å². The molecule has 4 nitrogen and oxygen atoms in total. The van der Waals surface area contributed by atoms with E-state index in [4.69, 9.17) is 5.73 Å². The molecule has 3 N–H and O–H groups in total. The molecular weight excluding hydrogens is 144 g/mol. The minimum atomic E-state index is -0.453. The van der Waals surface area contributed by atoms with Gasteiger partial charge in [-0.15, -0.1) is 0 Å². The number of hydrogen-bond acceptors (Lipinski definition) is 3. The molecular formula is C7H12N2O2. The second kappa shape index (κ2) is 3.00. The van der Waals surface area contributed by atoms with Crippen molar-refractivity contribution in [1.82, 2.24) is 5.32 Å². The van der Waals surface area contributed by atoms with Crippen LogP contribution in [-0.2, 0) is 9.59 Å². The molecule has 2 unspecified atom stereocenters. The highest BCUT2D eigenvalue weighted by Gasteiger charge is 2.26. The lowest BCUT2D eigenvalue weighted by Crippen LogP contribution is -2.51. The maximum absolute atomic E-state index is 10.9. The Labute approximate surface area is 65.1 Å². The van der Waals surface area contributed by atoms with Crippen molar-refractivity contribution >= 4 is 11.7 Å². The average Bonchev–Trinajstić information content (AvgIpc) is 1.85. The Kier molecular flexibility index (Phi) is 2.24. The van der Waals surface area contributed by atoms with Gasteiger partial charge in [-0.2, -0.15) is 0 Å². The van der Waals surface area contributed by atoms with Crippen LogP contribution in [0.25, 0.3) is 0 Å². The lowest BCUT2D eigenvalue weighted by Gasteiger charge is -2.25. The van der Waals surface area contributed by atoms with Gasteiger partial charge in [0.15, 0.2) is 0 Å². The second-order valence-corrected chi connectivity index (χ2v) is 2.97. The Balaban J connectivity index is 2.56. The van der Waals surface area contributed by atoms with Crippen molar-refractivity contribution in [1.29, 1.82) is 0 Å². The van der Waals surface area contributed by atoms with Crippen molar-refractivity contribution in [3.63, 3.8) is 0 Å². The van der Waals surface area contributed by atoms with Gasteiger partial charge >= 0.3 is 0 Å². The Bertz CT molecular complexity index is 191. The molecule has 1 aliphatic rings. The van der Waals surface area contributed by atoms with Gasteiger partial charge in [0.25, 0.3) is 0 Å². The summed E-state index contributed by atoms with van der Waals surface area (Å²) in [5, 5.41) is 2.95. The summed E-state index contributed by atoms with van der Waals surface area (Å²) in [5.41, 5.74) is 5.04. The first-order chi connectivity index (χ1) is 5.09. The fourth-order valence-corrected chi connectivity index (χ4v) is 1.30. The maximum atomic E-state index is 10.9. The van der Waals surface area contributed by atoms with E-state index < -0.39 is 11.9 Å². The van der Waals surface area contributed by atoms with Crippen LogP contribution < -0.4 is 11.1 Å². The molecule has 1 aliphatic heterocycles. The van der Waals surface area contributed by atoms with Crippen molar-refractivity contribution in [3.8, 4) is 0 Å². The molecule has 4 heteroatoms. The van der Waals surface area contributed by atoms with Gasteiger partial charge in [-0.1, -0.05) is 0 Å². The molecule has 0 aromatic heterocycles. The van der Waals surface area contributed by atoms with E-state index in [1.807, 2.05) is 6.92 Å². The van der Waals surface area contributed by atoms with Gasteiger partial charge in [0.1, 0.15) is 5.78 Å². The molecule has 0 radical (unpaired) electrons. The number of primary amides is 1. The van der Waals surface area contributed by atoms with Crippen LogP contribution >= 0.6 is 0 Å². The number of hydrogen-bond donors (Lipinski definition) is 2. The fourth-order valence-electron chi connectivity index (χ4n) is 1.30. The third-order valence-electron chi connectivity index (χ3n) is 1.79. The number of carbonyl (C=O) groups is 2. The molecule has 0 bridgehead atoms. The standard InChI is InChI=1S/C7H12N2O2/c1-4-2-5(10)3-6(9-4)7(8)11/h4,6,9H,2-3H2,1H3,(H2,8,11). The van der Waals surface area contributed by atoms with E-state index in [1.54, 1.807) is 0 Å². The highest BCUT2D eigenvalue weighted by molar-refractivity contribution is 5.89. The summed E-state index contributed by atoms with van der Waals surface area (Å²) in [4.78, 5) is 21.6. The number of piperidine rings is 1. The lowest BCUT2D eigenvalue weighted by atomic mass is 9.98. The zero-order chi connectivity index (χ0) is 8.43. The van der Waals surface area contributed by atoms with Gasteiger partial charge in [0.05, 0.1) is 6.04 Å². The summed E-state index contributed by atoms with van der Waals surface area (Å²) in [7, 11) is 0. The van der Waals surface area contributed by atoms with Gasteiger partial charge in [0.2, 0.25) is 5.91 Å². The minimum absolute atomic E-state index is 0.0775. The molecule has 1 rings (SSSR count). The molecule has 0 aliphatic carbocycles. The number of amides is 1. The van der Waals surface area contributed by atoms with Gasteiger partial charge in [-0.05, 0) is 6.92 Å². The van der Waals surface area contributed by atoms with Crippen molar-refractivity contribution in [2.75, 3.05) is 0 Å². The minimum Gasteiger partial charge on any atom is -0.368 e. The van der Waals surface area contributed by atoms with Gasteiger partial charge < -0.3 is 11.1 Å². The topological polar surface area (TPSA) is 72.2 Å². The van der Waals surface area contributed by atoms with Crippen LogP contribution in [0.1, 0.15) is 19.8 Å². The predicted molar refractivity (Wildman–Crippen MR) is 39.8 cm³/mol. The first-order valence-electron chi connectivity index (χ1n) is 3.66. The normalized spacial score (nSPS) is 31.9. The quantitative estimate of drug-likeness (QED) is 0.521. The second-order valence-electron chi connectivity index (χ2n) is 2.97. The number of rotatable bonds is 1. The summed E-state index contributed by atoms with van der Waals surface area (Å²) in [6, 6.07) is -0.375. The van der Waals surface area contributed by atoms with Gasteiger partial charge in [0, 0.05) is 18.9 Å². The van der Waals surface area contributed by atoms with Crippen molar-refractivity contribution in [3.05, 3.63) is 0 Å². The summed E-state index contributed by atoms with van der Waals surface area (Å²) in [6.45, 7) is 1.87. The molecule has 0 aromatic carbocycles.